The van der Waals surface area contributed by atoms with E-state index in [1.807, 2.05) is 32.0 Å². The van der Waals surface area contributed by atoms with Gasteiger partial charge in [-0.3, -0.25) is 0 Å². The molecule has 0 fully saturated rings. The van der Waals surface area contributed by atoms with E-state index in [1.54, 1.807) is 0 Å². The summed E-state index contributed by atoms with van der Waals surface area (Å²) in [6.45, 7) is 4.26. The van der Waals surface area contributed by atoms with Crippen LogP contribution < -0.4 is 4.74 Å². The summed E-state index contributed by atoms with van der Waals surface area (Å²) in [6.07, 6.45) is 2.54. The molecule has 19 heavy (non-hydrogen) atoms. The van der Waals surface area contributed by atoms with Gasteiger partial charge in [0, 0.05) is 12.4 Å². The number of aryl methyl sites for hydroxylation is 2. The molecule has 0 radical (unpaired) electrons. The van der Waals surface area contributed by atoms with Gasteiger partial charge in [0.25, 0.3) is 0 Å². The maximum atomic E-state index is 10.6. The number of aromatic carboxylic acids is 1. The third-order valence-corrected chi connectivity index (χ3v) is 2.80. The molecular formula is C14H14N2O3. The number of hydrogen-bond donors (Lipinski definition) is 1. The lowest BCUT2D eigenvalue weighted by Gasteiger charge is -2.07. The number of aromatic nitrogens is 2. The first-order chi connectivity index (χ1) is 9.06. The lowest BCUT2D eigenvalue weighted by Crippen LogP contribution is -2.04. The second kappa shape index (κ2) is 5.48. The van der Waals surface area contributed by atoms with Crippen molar-refractivity contribution >= 4 is 5.97 Å². The van der Waals surface area contributed by atoms with E-state index >= 15 is 0 Å². The molecule has 1 N–H and O–H groups in total. The third-order valence-electron chi connectivity index (χ3n) is 2.80. The number of hydrogen-bond acceptors (Lipinski definition) is 4. The Kier molecular flexibility index (Phi) is 3.75. The Balaban J connectivity index is 2.01. The Morgan fingerprint density at radius 2 is 1.89 bits per heavy atom. The Morgan fingerprint density at radius 1 is 1.21 bits per heavy atom. The predicted molar refractivity (Wildman–Crippen MR) is 69.2 cm³/mol. The molecule has 0 saturated heterocycles. The van der Waals surface area contributed by atoms with Crippen molar-refractivity contribution in [1.29, 1.82) is 0 Å². The van der Waals surface area contributed by atoms with E-state index in [0.29, 0.717) is 5.82 Å². The van der Waals surface area contributed by atoms with E-state index in [9.17, 15) is 4.79 Å². The summed E-state index contributed by atoms with van der Waals surface area (Å²) in [7, 11) is 0. The standard InChI is InChI=1S/C14H14N2O3/c1-9-3-4-12(5-10(9)2)19-8-13-15-6-11(7-16-13)14(17)18/h3-7H,8H2,1-2H3,(H,17,18). The van der Waals surface area contributed by atoms with Gasteiger partial charge in [-0.2, -0.15) is 0 Å². The first-order valence-electron chi connectivity index (χ1n) is 5.80. The highest BCUT2D eigenvalue weighted by molar-refractivity contribution is 5.86. The van der Waals surface area contributed by atoms with Crippen LogP contribution in [0.2, 0.25) is 0 Å². The maximum Gasteiger partial charge on any atom is 0.338 e. The van der Waals surface area contributed by atoms with Crippen LogP contribution in [0.5, 0.6) is 5.75 Å². The van der Waals surface area contributed by atoms with Gasteiger partial charge in [-0.25, -0.2) is 14.8 Å². The van der Waals surface area contributed by atoms with Crippen LogP contribution in [0.1, 0.15) is 27.3 Å². The molecule has 0 unspecified atom stereocenters. The monoisotopic (exact) mass is 258 g/mol. The SMILES string of the molecule is Cc1ccc(OCc2ncc(C(=O)O)cn2)cc1C. The Labute approximate surface area is 110 Å². The molecule has 0 saturated carbocycles. The van der Waals surface area contributed by atoms with E-state index in [1.165, 1.54) is 18.0 Å². The maximum absolute atomic E-state index is 10.6. The summed E-state index contributed by atoms with van der Waals surface area (Å²) in [5.41, 5.74) is 2.42. The molecule has 1 aromatic carbocycles. The Hall–Kier alpha value is -2.43. The van der Waals surface area contributed by atoms with Crippen LogP contribution in [-0.2, 0) is 6.61 Å². The average Bonchev–Trinajstić information content (AvgIpc) is 2.40. The quantitative estimate of drug-likeness (QED) is 0.911. The van der Waals surface area contributed by atoms with Gasteiger partial charge in [-0.15, -0.1) is 0 Å². The fraction of sp³-hybridized carbons (Fsp3) is 0.214. The van der Waals surface area contributed by atoms with Crippen molar-refractivity contribution < 1.29 is 14.6 Å². The van der Waals surface area contributed by atoms with Crippen LogP contribution in [0.3, 0.4) is 0 Å². The van der Waals surface area contributed by atoms with Crippen molar-refractivity contribution in [3.63, 3.8) is 0 Å². The fourth-order valence-electron chi connectivity index (χ4n) is 1.49. The molecule has 0 aliphatic heterocycles. The van der Waals surface area contributed by atoms with Gasteiger partial charge in [0.2, 0.25) is 0 Å². The summed E-state index contributed by atoms with van der Waals surface area (Å²) >= 11 is 0. The van der Waals surface area contributed by atoms with Crippen molar-refractivity contribution in [2.75, 3.05) is 0 Å². The molecule has 0 aliphatic carbocycles. The highest BCUT2D eigenvalue weighted by Crippen LogP contribution is 2.17. The molecule has 0 bridgehead atoms. The highest BCUT2D eigenvalue weighted by Gasteiger charge is 2.05. The van der Waals surface area contributed by atoms with Crippen LogP contribution in [0.25, 0.3) is 0 Å². The topological polar surface area (TPSA) is 72.3 Å². The Bertz CT molecular complexity index is 594. The second-order valence-electron chi connectivity index (χ2n) is 4.23. The number of carboxylic acid groups (broad SMARTS) is 1. The van der Waals surface area contributed by atoms with Crippen molar-refractivity contribution in [2.24, 2.45) is 0 Å². The van der Waals surface area contributed by atoms with Gasteiger partial charge in [-0.1, -0.05) is 6.07 Å². The van der Waals surface area contributed by atoms with Gasteiger partial charge in [0.05, 0.1) is 5.56 Å². The minimum Gasteiger partial charge on any atom is -0.486 e. The number of ether oxygens (including phenoxy) is 1. The molecule has 1 aromatic heterocycles. The molecule has 5 heteroatoms. The van der Waals surface area contributed by atoms with E-state index in [2.05, 4.69) is 9.97 Å². The molecule has 5 nitrogen and oxygen atoms in total. The first-order valence-corrected chi connectivity index (χ1v) is 5.80. The molecular weight excluding hydrogens is 244 g/mol. The minimum absolute atomic E-state index is 0.0648. The zero-order chi connectivity index (χ0) is 13.8. The van der Waals surface area contributed by atoms with E-state index < -0.39 is 5.97 Å². The molecule has 2 rings (SSSR count). The highest BCUT2D eigenvalue weighted by atomic mass is 16.5. The minimum atomic E-state index is -1.04. The van der Waals surface area contributed by atoms with Gasteiger partial charge >= 0.3 is 5.97 Å². The van der Waals surface area contributed by atoms with Gasteiger partial charge < -0.3 is 9.84 Å². The van der Waals surface area contributed by atoms with Crippen molar-refractivity contribution in [3.05, 3.63) is 53.1 Å². The first kappa shape index (κ1) is 13.0. The van der Waals surface area contributed by atoms with Gasteiger partial charge in [0.15, 0.2) is 5.82 Å². The van der Waals surface area contributed by atoms with E-state index in [-0.39, 0.29) is 12.2 Å². The predicted octanol–water partition coefficient (Wildman–Crippen LogP) is 2.37. The number of carboxylic acids is 1. The summed E-state index contributed by atoms with van der Waals surface area (Å²) in [5.74, 6) is 0.152. The van der Waals surface area contributed by atoms with Crippen LogP contribution in [0.4, 0.5) is 0 Å². The molecule has 0 amide bonds. The smallest absolute Gasteiger partial charge is 0.338 e. The van der Waals surface area contributed by atoms with Crippen molar-refractivity contribution in [1.82, 2.24) is 9.97 Å². The number of carbonyl (C=O) groups is 1. The fourth-order valence-corrected chi connectivity index (χ4v) is 1.49. The summed E-state index contributed by atoms with van der Waals surface area (Å²) in [6, 6.07) is 5.81. The number of nitrogens with zero attached hydrogens (tertiary/aromatic N) is 2. The molecule has 1 heterocycles. The van der Waals surface area contributed by atoms with E-state index in [0.717, 1.165) is 11.3 Å². The lowest BCUT2D eigenvalue weighted by molar-refractivity contribution is 0.0695. The van der Waals surface area contributed by atoms with Gasteiger partial charge in [-0.05, 0) is 37.1 Å². The number of benzene rings is 1. The molecule has 0 spiro atoms. The lowest BCUT2D eigenvalue weighted by atomic mass is 10.1. The summed E-state index contributed by atoms with van der Waals surface area (Å²) < 4.78 is 5.56. The van der Waals surface area contributed by atoms with Crippen LogP contribution in [0, 0.1) is 13.8 Å². The summed E-state index contributed by atoms with van der Waals surface area (Å²) in [5, 5.41) is 8.73. The van der Waals surface area contributed by atoms with Crippen LogP contribution in [0.15, 0.2) is 30.6 Å². The summed E-state index contributed by atoms with van der Waals surface area (Å²) in [4.78, 5) is 18.5. The van der Waals surface area contributed by atoms with Crippen LogP contribution in [-0.4, -0.2) is 21.0 Å². The third kappa shape index (κ3) is 3.28. The Morgan fingerprint density at radius 3 is 2.47 bits per heavy atom. The van der Waals surface area contributed by atoms with Crippen molar-refractivity contribution in [2.45, 2.75) is 20.5 Å². The zero-order valence-electron chi connectivity index (χ0n) is 10.8. The van der Waals surface area contributed by atoms with Crippen molar-refractivity contribution in [3.8, 4) is 5.75 Å². The average molecular weight is 258 g/mol. The molecule has 0 atom stereocenters. The largest absolute Gasteiger partial charge is 0.486 e. The normalized spacial score (nSPS) is 10.2. The number of rotatable bonds is 4. The van der Waals surface area contributed by atoms with E-state index in [4.69, 9.17) is 9.84 Å². The van der Waals surface area contributed by atoms with Crippen LogP contribution >= 0.6 is 0 Å². The second-order valence-corrected chi connectivity index (χ2v) is 4.23. The zero-order valence-corrected chi connectivity index (χ0v) is 10.8. The molecule has 98 valence electrons. The van der Waals surface area contributed by atoms with Gasteiger partial charge in [0.1, 0.15) is 12.4 Å². The molecule has 0 aliphatic rings. The molecule has 2 aromatic rings.